The summed E-state index contributed by atoms with van der Waals surface area (Å²) < 4.78 is 0. The van der Waals surface area contributed by atoms with Crippen molar-refractivity contribution in [3.8, 4) is 0 Å². The van der Waals surface area contributed by atoms with Crippen molar-refractivity contribution in [3.05, 3.63) is 23.3 Å². The molecule has 1 nitrogen and oxygen atoms in total. The first-order valence-electron chi connectivity index (χ1n) is 10.9. The Balaban J connectivity index is 0.00000109. The van der Waals surface area contributed by atoms with Gasteiger partial charge in [-0.3, -0.25) is 0 Å². The lowest BCUT2D eigenvalue weighted by Crippen LogP contribution is -2.50. The molecule has 1 heteroatoms. The third-order valence-corrected chi connectivity index (χ3v) is 8.24. The summed E-state index contributed by atoms with van der Waals surface area (Å²) >= 11 is 0. The average molecular weight is 347 g/mol. The van der Waals surface area contributed by atoms with Gasteiger partial charge in [0.25, 0.3) is 0 Å². The summed E-state index contributed by atoms with van der Waals surface area (Å²) in [6.07, 6.45) is 13.2. The second-order valence-electron chi connectivity index (χ2n) is 8.99. The van der Waals surface area contributed by atoms with Crippen molar-refractivity contribution in [2.24, 2.45) is 28.6 Å². The van der Waals surface area contributed by atoms with Crippen molar-refractivity contribution >= 4 is 0 Å². The molecule has 3 rings (SSSR count). The van der Waals surface area contributed by atoms with Crippen LogP contribution in [-0.4, -0.2) is 11.2 Å². The maximum Gasteiger partial charge on any atom is 0.0577 e. The van der Waals surface area contributed by atoms with E-state index in [1.54, 1.807) is 11.1 Å². The van der Waals surface area contributed by atoms with Gasteiger partial charge < -0.3 is 5.11 Å². The molecule has 2 fully saturated rings. The average Bonchev–Trinajstić information content (AvgIpc) is 2.63. The molecule has 0 amide bonds. The minimum Gasteiger partial charge on any atom is -0.393 e. The highest BCUT2D eigenvalue weighted by Gasteiger charge is 2.54. The molecule has 1 N–H and O–H groups in total. The Labute approximate surface area is 157 Å². The van der Waals surface area contributed by atoms with Crippen LogP contribution in [0.1, 0.15) is 93.4 Å². The van der Waals surface area contributed by atoms with Crippen LogP contribution in [0.2, 0.25) is 0 Å². The lowest BCUT2D eigenvalue weighted by molar-refractivity contribution is -0.0378. The predicted octanol–water partition coefficient (Wildman–Crippen LogP) is 6.92. The largest absolute Gasteiger partial charge is 0.393 e. The fraction of sp³-hybridized carbons (Fsp3) is 0.833. The number of rotatable bonds is 2. The molecule has 3 aliphatic rings. The van der Waals surface area contributed by atoms with Crippen LogP contribution in [0.3, 0.4) is 0 Å². The number of aliphatic hydroxyl groups excluding tert-OH is 1. The van der Waals surface area contributed by atoms with Gasteiger partial charge in [-0.05, 0) is 81.0 Å². The van der Waals surface area contributed by atoms with Gasteiger partial charge in [0.05, 0.1) is 6.10 Å². The van der Waals surface area contributed by atoms with Crippen LogP contribution in [0.4, 0.5) is 0 Å². The zero-order valence-corrected chi connectivity index (χ0v) is 17.9. The molecule has 6 atom stereocenters. The van der Waals surface area contributed by atoms with Crippen molar-refractivity contribution < 1.29 is 5.11 Å². The van der Waals surface area contributed by atoms with E-state index in [1.165, 1.54) is 32.1 Å². The first-order valence-corrected chi connectivity index (χ1v) is 10.9. The minimum absolute atomic E-state index is 0.0908. The third kappa shape index (κ3) is 3.38. The van der Waals surface area contributed by atoms with Crippen molar-refractivity contribution in [3.63, 3.8) is 0 Å². The van der Waals surface area contributed by atoms with Gasteiger partial charge in [0.15, 0.2) is 0 Å². The van der Waals surface area contributed by atoms with Crippen LogP contribution in [0.15, 0.2) is 23.3 Å². The van der Waals surface area contributed by atoms with Gasteiger partial charge in [-0.2, -0.15) is 0 Å². The number of hydrogen-bond donors (Lipinski definition) is 1. The molecule has 25 heavy (non-hydrogen) atoms. The molecule has 0 aliphatic heterocycles. The van der Waals surface area contributed by atoms with Crippen molar-refractivity contribution in [2.45, 2.75) is 99.5 Å². The van der Waals surface area contributed by atoms with Crippen molar-refractivity contribution in [1.29, 1.82) is 0 Å². The van der Waals surface area contributed by atoms with E-state index in [-0.39, 0.29) is 6.10 Å². The van der Waals surface area contributed by atoms with Crippen LogP contribution in [0.5, 0.6) is 0 Å². The summed E-state index contributed by atoms with van der Waals surface area (Å²) in [5, 5.41) is 10.1. The van der Waals surface area contributed by atoms with Gasteiger partial charge in [-0.1, -0.05) is 64.3 Å². The third-order valence-electron chi connectivity index (χ3n) is 8.24. The second kappa shape index (κ2) is 7.99. The molecule has 0 radical (unpaired) electrons. The quantitative estimate of drug-likeness (QED) is 0.538. The van der Waals surface area contributed by atoms with E-state index in [0.717, 1.165) is 30.6 Å². The smallest absolute Gasteiger partial charge is 0.0577 e. The van der Waals surface area contributed by atoms with E-state index in [9.17, 15) is 5.11 Å². The molecule has 6 unspecified atom stereocenters. The summed E-state index contributed by atoms with van der Waals surface area (Å²) in [6, 6.07) is 0. The molecule has 0 aromatic carbocycles. The Morgan fingerprint density at radius 1 is 1.24 bits per heavy atom. The fourth-order valence-corrected chi connectivity index (χ4v) is 6.53. The SMILES string of the molecule is C/C=C(/C)C1(C)CCC2C(CC=C3CC(O)CCC32C)C1CC.CC. The zero-order valence-electron chi connectivity index (χ0n) is 17.9. The molecule has 0 bridgehead atoms. The maximum atomic E-state index is 10.1. The lowest BCUT2D eigenvalue weighted by Gasteiger charge is -2.59. The minimum atomic E-state index is -0.0908. The Kier molecular flexibility index (Phi) is 6.63. The summed E-state index contributed by atoms with van der Waals surface area (Å²) in [5.41, 5.74) is 3.93. The summed E-state index contributed by atoms with van der Waals surface area (Å²) in [7, 11) is 0. The number of fused-ring (bicyclic) bond motifs is 3. The first-order chi connectivity index (χ1) is 11.9. The molecule has 144 valence electrons. The normalized spacial score (nSPS) is 44.0. The van der Waals surface area contributed by atoms with E-state index in [2.05, 4.69) is 46.8 Å². The molecule has 0 aromatic rings. The van der Waals surface area contributed by atoms with E-state index in [0.29, 0.717) is 10.8 Å². The van der Waals surface area contributed by atoms with E-state index in [4.69, 9.17) is 0 Å². The number of hydrogen-bond acceptors (Lipinski definition) is 1. The maximum absolute atomic E-state index is 10.1. The molecule has 0 spiro atoms. The Morgan fingerprint density at radius 2 is 1.92 bits per heavy atom. The van der Waals surface area contributed by atoms with Crippen molar-refractivity contribution in [1.82, 2.24) is 0 Å². The summed E-state index contributed by atoms with van der Waals surface area (Å²) in [6.45, 7) is 16.0. The molecule has 0 saturated heterocycles. The van der Waals surface area contributed by atoms with Crippen molar-refractivity contribution in [2.75, 3.05) is 0 Å². The monoisotopic (exact) mass is 346 g/mol. The number of allylic oxidation sites excluding steroid dienone is 3. The van der Waals surface area contributed by atoms with Gasteiger partial charge in [0, 0.05) is 0 Å². The highest BCUT2D eigenvalue weighted by Crippen LogP contribution is 2.63. The van der Waals surface area contributed by atoms with E-state index < -0.39 is 0 Å². The van der Waals surface area contributed by atoms with Gasteiger partial charge in [0.1, 0.15) is 0 Å². The standard InChI is InChI=1S/C22H36O.C2H6/c1-6-15(3)21(4)13-11-20-18(19(21)7-2)9-8-16-14-17(23)10-12-22(16,20)5;1-2/h6,8,17-20,23H,7,9-14H2,1-5H3;1-2H3/b15-6-;. The zero-order chi connectivity index (χ0) is 18.8. The predicted molar refractivity (Wildman–Crippen MR) is 110 cm³/mol. The Morgan fingerprint density at radius 3 is 2.52 bits per heavy atom. The van der Waals surface area contributed by atoms with E-state index >= 15 is 0 Å². The molecular formula is C24H42O. The van der Waals surface area contributed by atoms with Gasteiger partial charge in [-0.15, -0.1) is 0 Å². The molecule has 3 aliphatic carbocycles. The molecule has 0 aromatic heterocycles. The number of aliphatic hydroxyl groups is 1. The lowest BCUT2D eigenvalue weighted by atomic mass is 9.46. The molecule has 0 heterocycles. The highest BCUT2D eigenvalue weighted by molar-refractivity contribution is 5.26. The Hall–Kier alpha value is -0.560. The molecule has 2 saturated carbocycles. The summed E-state index contributed by atoms with van der Waals surface area (Å²) in [5.74, 6) is 2.47. The van der Waals surface area contributed by atoms with Crippen LogP contribution in [0, 0.1) is 28.6 Å². The first kappa shape index (κ1) is 20.7. The topological polar surface area (TPSA) is 20.2 Å². The summed E-state index contributed by atoms with van der Waals surface area (Å²) in [4.78, 5) is 0. The van der Waals surface area contributed by atoms with E-state index in [1.807, 2.05) is 13.8 Å². The van der Waals surface area contributed by atoms with Crippen LogP contribution < -0.4 is 0 Å². The Bertz CT molecular complexity index is 516. The second-order valence-corrected chi connectivity index (χ2v) is 8.99. The van der Waals surface area contributed by atoms with Gasteiger partial charge in [0.2, 0.25) is 0 Å². The highest BCUT2D eigenvalue weighted by atomic mass is 16.3. The molecular weight excluding hydrogens is 304 g/mol. The fourth-order valence-electron chi connectivity index (χ4n) is 6.53. The van der Waals surface area contributed by atoms with Crippen LogP contribution >= 0.6 is 0 Å². The van der Waals surface area contributed by atoms with Gasteiger partial charge >= 0.3 is 0 Å². The van der Waals surface area contributed by atoms with Crippen LogP contribution in [0.25, 0.3) is 0 Å². The van der Waals surface area contributed by atoms with Crippen LogP contribution in [-0.2, 0) is 0 Å². The van der Waals surface area contributed by atoms with Gasteiger partial charge in [-0.25, -0.2) is 0 Å².